The summed E-state index contributed by atoms with van der Waals surface area (Å²) in [4.78, 5) is 15.6. The van der Waals surface area contributed by atoms with Crippen molar-refractivity contribution < 1.29 is 32.5 Å². The highest BCUT2D eigenvalue weighted by molar-refractivity contribution is 5.53. The molecule has 2 aromatic rings. The minimum atomic E-state index is -4.96. The van der Waals surface area contributed by atoms with Gasteiger partial charge >= 0.3 is 6.36 Å². The van der Waals surface area contributed by atoms with Gasteiger partial charge in [0.25, 0.3) is 0 Å². The number of hydrogen-bond acceptors (Lipinski definition) is 8. The number of halogens is 4. The molecule has 1 aliphatic carbocycles. The minimum Gasteiger partial charge on any atom is -0.403 e. The Labute approximate surface area is 225 Å². The second-order valence-electron chi connectivity index (χ2n) is 10.9. The first-order valence-corrected chi connectivity index (χ1v) is 13.5. The summed E-state index contributed by atoms with van der Waals surface area (Å²) >= 11 is 0. The summed E-state index contributed by atoms with van der Waals surface area (Å²) < 4.78 is 56.4. The summed E-state index contributed by atoms with van der Waals surface area (Å²) in [5.41, 5.74) is 2.34. The number of nitrogens with zero attached hydrogens (tertiary/aromatic N) is 5. The zero-order chi connectivity index (χ0) is 27.7. The minimum absolute atomic E-state index is 0.139. The van der Waals surface area contributed by atoms with E-state index in [-0.39, 0.29) is 17.9 Å². The van der Waals surface area contributed by atoms with Crippen molar-refractivity contribution >= 4 is 5.82 Å². The van der Waals surface area contributed by atoms with Crippen LogP contribution in [0.2, 0.25) is 0 Å². The number of aromatic nitrogens is 2. The van der Waals surface area contributed by atoms with E-state index in [1.165, 1.54) is 12.4 Å². The first-order chi connectivity index (χ1) is 18.6. The fraction of sp³-hybridized carbons (Fsp3) is 0.630. The molecule has 5 rings (SSSR count). The number of rotatable bonds is 7. The zero-order valence-corrected chi connectivity index (χ0v) is 21.9. The van der Waals surface area contributed by atoms with Gasteiger partial charge in [-0.2, -0.15) is 0 Å². The molecule has 2 fully saturated rings. The second-order valence-corrected chi connectivity index (χ2v) is 10.9. The lowest BCUT2D eigenvalue weighted by Gasteiger charge is -2.39. The second kappa shape index (κ2) is 11.5. The lowest BCUT2D eigenvalue weighted by atomic mass is 9.95. The van der Waals surface area contributed by atoms with Gasteiger partial charge in [-0.15, -0.1) is 13.2 Å². The van der Waals surface area contributed by atoms with E-state index in [9.17, 15) is 27.8 Å². The van der Waals surface area contributed by atoms with E-state index in [0.717, 1.165) is 49.7 Å². The molecule has 3 heterocycles. The van der Waals surface area contributed by atoms with Gasteiger partial charge in [-0.05, 0) is 42.9 Å². The average molecular weight is 554 g/mol. The summed E-state index contributed by atoms with van der Waals surface area (Å²) in [7, 11) is 0. The van der Waals surface area contributed by atoms with Crippen molar-refractivity contribution in [2.45, 2.75) is 56.6 Å². The van der Waals surface area contributed by atoms with Gasteiger partial charge in [-0.25, -0.2) is 14.4 Å². The number of piperazine rings is 1. The Morgan fingerprint density at radius 1 is 1.00 bits per heavy atom. The molecule has 2 saturated heterocycles. The Morgan fingerprint density at radius 2 is 1.67 bits per heavy atom. The molecule has 2 aliphatic heterocycles. The molecular formula is C27H35F4N5O3. The topological polar surface area (TPSA) is 85.2 Å². The molecule has 3 aliphatic rings. The smallest absolute Gasteiger partial charge is 0.403 e. The first kappa shape index (κ1) is 28.0. The number of piperidine rings is 1. The van der Waals surface area contributed by atoms with Crippen LogP contribution in [0.25, 0.3) is 0 Å². The molecule has 3 atom stereocenters. The number of ether oxygens (including phenoxy) is 1. The lowest BCUT2D eigenvalue weighted by Crippen LogP contribution is -2.49. The summed E-state index contributed by atoms with van der Waals surface area (Å²) in [6.07, 6.45) is -2.38. The summed E-state index contributed by atoms with van der Waals surface area (Å²) in [6.45, 7) is 7.66. The lowest BCUT2D eigenvalue weighted by molar-refractivity contribution is -0.275. The van der Waals surface area contributed by atoms with Crippen molar-refractivity contribution in [3.8, 4) is 5.75 Å². The van der Waals surface area contributed by atoms with E-state index in [4.69, 9.17) is 0 Å². The van der Waals surface area contributed by atoms with Gasteiger partial charge in [0.15, 0.2) is 11.6 Å². The highest BCUT2D eigenvalue weighted by Crippen LogP contribution is 2.43. The molecule has 214 valence electrons. The first-order valence-electron chi connectivity index (χ1n) is 13.5. The number of alkyl halides is 3. The van der Waals surface area contributed by atoms with Crippen LogP contribution < -0.4 is 9.64 Å². The van der Waals surface area contributed by atoms with E-state index >= 15 is 0 Å². The van der Waals surface area contributed by atoms with Crippen molar-refractivity contribution in [1.29, 1.82) is 0 Å². The van der Waals surface area contributed by atoms with E-state index in [2.05, 4.69) is 36.3 Å². The van der Waals surface area contributed by atoms with Gasteiger partial charge in [0.2, 0.25) is 0 Å². The Bertz CT molecular complexity index is 1140. The largest absolute Gasteiger partial charge is 0.573 e. The highest BCUT2D eigenvalue weighted by atomic mass is 19.4. The zero-order valence-electron chi connectivity index (χ0n) is 21.9. The van der Waals surface area contributed by atoms with E-state index in [1.807, 2.05) is 0 Å². The number of likely N-dealkylation sites (tertiary alicyclic amines) is 1. The van der Waals surface area contributed by atoms with Crippen molar-refractivity contribution in [3.63, 3.8) is 0 Å². The van der Waals surface area contributed by atoms with Crippen LogP contribution in [0.1, 0.15) is 60.9 Å². The fourth-order valence-corrected chi connectivity index (χ4v) is 6.07. The molecule has 0 saturated carbocycles. The van der Waals surface area contributed by atoms with E-state index in [1.54, 1.807) is 0 Å². The van der Waals surface area contributed by atoms with Gasteiger partial charge in [0.1, 0.15) is 12.1 Å². The van der Waals surface area contributed by atoms with Crippen LogP contribution in [0.4, 0.5) is 23.4 Å². The molecule has 39 heavy (non-hydrogen) atoms. The molecule has 0 bridgehead atoms. The van der Waals surface area contributed by atoms with Crippen LogP contribution in [0.3, 0.4) is 0 Å². The van der Waals surface area contributed by atoms with Gasteiger partial charge in [0, 0.05) is 63.8 Å². The van der Waals surface area contributed by atoms with Crippen molar-refractivity contribution in [1.82, 2.24) is 19.8 Å². The summed E-state index contributed by atoms with van der Waals surface area (Å²) in [5.74, 6) is -0.968. The van der Waals surface area contributed by atoms with Gasteiger partial charge in [0.05, 0.1) is 17.9 Å². The maximum absolute atomic E-state index is 14.6. The molecule has 8 nitrogen and oxygen atoms in total. The third kappa shape index (κ3) is 6.62. The molecule has 1 aromatic carbocycles. The quantitative estimate of drug-likeness (QED) is 0.505. The molecule has 2 N–H and O–H groups in total. The van der Waals surface area contributed by atoms with Gasteiger partial charge < -0.3 is 24.7 Å². The predicted molar refractivity (Wildman–Crippen MR) is 136 cm³/mol. The maximum Gasteiger partial charge on any atom is 0.573 e. The Balaban J connectivity index is 1.28. The molecule has 0 spiro atoms. The Kier molecular flexibility index (Phi) is 8.27. The van der Waals surface area contributed by atoms with Crippen molar-refractivity contribution in [2.75, 3.05) is 57.3 Å². The predicted octanol–water partition coefficient (Wildman–Crippen LogP) is 3.42. The van der Waals surface area contributed by atoms with Gasteiger partial charge in [-0.1, -0.05) is 13.0 Å². The third-order valence-corrected chi connectivity index (χ3v) is 8.12. The average Bonchev–Trinajstić information content (AvgIpc) is 3.19. The van der Waals surface area contributed by atoms with Gasteiger partial charge in [-0.3, -0.25) is 4.90 Å². The summed E-state index contributed by atoms with van der Waals surface area (Å²) in [5, 5.41) is 20.2. The molecule has 0 unspecified atom stereocenters. The maximum atomic E-state index is 14.6. The van der Waals surface area contributed by atoms with Crippen LogP contribution in [0.15, 0.2) is 24.5 Å². The SMILES string of the molecule is C[C@@H]1C[C@@H](O)c2ncnc(N3CCN(C[C@@H](CN4CCC(O)CC4)c4ccc(OC(F)(F)F)c(F)c4)CC3)c21. The van der Waals surface area contributed by atoms with Crippen LogP contribution in [0.5, 0.6) is 5.75 Å². The fourth-order valence-electron chi connectivity index (χ4n) is 6.07. The van der Waals surface area contributed by atoms with E-state index < -0.39 is 24.0 Å². The molecule has 0 radical (unpaired) electrons. The highest BCUT2D eigenvalue weighted by Gasteiger charge is 2.35. The van der Waals surface area contributed by atoms with Crippen molar-refractivity contribution in [2.24, 2.45) is 0 Å². The molecule has 0 amide bonds. The monoisotopic (exact) mass is 553 g/mol. The van der Waals surface area contributed by atoms with Crippen LogP contribution in [-0.4, -0.2) is 94.8 Å². The number of anilines is 1. The normalized spacial score (nSPS) is 24.1. The molecular weight excluding hydrogens is 518 g/mol. The number of fused-ring (bicyclic) bond motifs is 1. The standard InChI is InChI=1S/C27H35F4N5O3/c1-17-12-22(38)25-24(17)26(33-16-32-25)36-10-8-35(9-11-36)15-19(14-34-6-4-20(37)5-7-34)18-2-3-23(21(28)13-18)39-27(29,30)31/h2-3,13,16-17,19-20,22,37-38H,4-12,14-15H2,1H3/t17-,19-,22-/m1/s1. The molecule has 12 heteroatoms. The molecule has 1 aromatic heterocycles. The number of benzene rings is 1. The van der Waals surface area contributed by atoms with Crippen LogP contribution >= 0.6 is 0 Å². The number of hydrogen-bond donors (Lipinski definition) is 2. The van der Waals surface area contributed by atoms with E-state index in [0.29, 0.717) is 56.7 Å². The third-order valence-electron chi connectivity index (χ3n) is 8.12. The van der Waals surface area contributed by atoms with Crippen molar-refractivity contribution in [3.05, 3.63) is 47.2 Å². The number of aliphatic hydroxyl groups excluding tert-OH is 2. The summed E-state index contributed by atoms with van der Waals surface area (Å²) in [6, 6.07) is 3.72. The Morgan fingerprint density at radius 3 is 2.31 bits per heavy atom. The Hall–Kier alpha value is -2.54. The van der Waals surface area contributed by atoms with Crippen LogP contribution in [-0.2, 0) is 0 Å². The number of aliphatic hydroxyl groups is 2. The van der Waals surface area contributed by atoms with Crippen LogP contribution in [0, 0.1) is 5.82 Å².